The first-order chi connectivity index (χ1) is 10.3. The van der Waals surface area contributed by atoms with Gasteiger partial charge in [-0.2, -0.15) is 0 Å². The molecule has 0 saturated carbocycles. The van der Waals surface area contributed by atoms with Crippen LogP contribution in [0.1, 0.15) is 12.5 Å². The summed E-state index contributed by atoms with van der Waals surface area (Å²) in [6.07, 6.45) is 0. The molecule has 0 radical (unpaired) electrons. The number of thiophene rings is 1. The molecule has 2 aromatic rings. The average Bonchev–Trinajstić information content (AvgIpc) is 2.93. The van der Waals surface area contributed by atoms with Gasteiger partial charge in [-0.15, -0.1) is 11.3 Å². The van der Waals surface area contributed by atoms with Crippen LogP contribution in [-0.2, 0) is 20.4 Å². The Bertz CT molecular complexity index is 763. The summed E-state index contributed by atoms with van der Waals surface area (Å²) in [6.45, 7) is 1.51. The Morgan fingerprint density at radius 3 is 2.55 bits per heavy atom. The second kappa shape index (κ2) is 6.64. The third kappa shape index (κ3) is 3.67. The van der Waals surface area contributed by atoms with Gasteiger partial charge in [0.2, 0.25) is 10.0 Å². The van der Waals surface area contributed by atoms with E-state index in [0.717, 1.165) is 11.3 Å². The zero-order chi connectivity index (χ0) is 16.4. The molecule has 0 fully saturated rings. The largest absolute Gasteiger partial charge is 0.372 e. The van der Waals surface area contributed by atoms with E-state index in [-0.39, 0.29) is 16.3 Å². The lowest BCUT2D eigenvalue weighted by molar-refractivity contribution is 0.00411. The Kier molecular flexibility index (Phi) is 5.24. The maximum Gasteiger partial charge on any atom is 0.250 e. The smallest absolute Gasteiger partial charge is 0.250 e. The van der Waals surface area contributed by atoms with Crippen LogP contribution in [0.3, 0.4) is 0 Å². The van der Waals surface area contributed by atoms with Gasteiger partial charge < -0.3 is 4.74 Å². The van der Waals surface area contributed by atoms with Gasteiger partial charge in [-0.25, -0.2) is 17.5 Å². The Morgan fingerprint density at radius 2 is 2.00 bits per heavy atom. The minimum absolute atomic E-state index is 0.101. The van der Waals surface area contributed by atoms with Gasteiger partial charge in [0.25, 0.3) is 0 Å². The lowest BCUT2D eigenvalue weighted by Crippen LogP contribution is -2.40. The van der Waals surface area contributed by atoms with Crippen LogP contribution in [0, 0.1) is 5.82 Å². The third-order valence-electron chi connectivity index (χ3n) is 3.31. The van der Waals surface area contributed by atoms with E-state index in [9.17, 15) is 12.8 Å². The zero-order valence-corrected chi connectivity index (χ0v) is 14.4. The van der Waals surface area contributed by atoms with Crippen LogP contribution in [-0.4, -0.2) is 22.1 Å². The molecule has 0 aliphatic heterocycles. The lowest BCUT2D eigenvalue weighted by Gasteiger charge is -2.29. The van der Waals surface area contributed by atoms with Crippen LogP contribution >= 0.6 is 22.9 Å². The number of nitrogens with one attached hydrogen (secondary N) is 1. The highest BCUT2D eigenvalue weighted by Crippen LogP contribution is 2.29. The number of ether oxygens (including phenoxy) is 1. The molecule has 4 nitrogen and oxygen atoms in total. The number of benzene rings is 1. The Morgan fingerprint density at radius 1 is 1.32 bits per heavy atom. The number of hydrogen-bond acceptors (Lipinski definition) is 4. The fourth-order valence-corrected chi connectivity index (χ4v) is 4.57. The van der Waals surface area contributed by atoms with E-state index in [1.807, 2.05) is 0 Å². The van der Waals surface area contributed by atoms with Gasteiger partial charge in [0.1, 0.15) is 15.6 Å². The number of halogens is 2. The lowest BCUT2D eigenvalue weighted by atomic mass is 9.95. The molecule has 120 valence electrons. The van der Waals surface area contributed by atoms with Crippen molar-refractivity contribution in [1.82, 2.24) is 4.72 Å². The van der Waals surface area contributed by atoms with Crippen molar-refractivity contribution < 1.29 is 17.5 Å². The van der Waals surface area contributed by atoms with E-state index in [1.54, 1.807) is 25.1 Å². The summed E-state index contributed by atoms with van der Waals surface area (Å²) < 4.78 is 46.6. The van der Waals surface area contributed by atoms with E-state index in [0.29, 0.717) is 4.34 Å². The van der Waals surface area contributed by atoms with Crippen LogP contribution in [0.25, 0.3) is 0 Å². The quantitative estimate of drug-likeness (QED) is 0.856. The van der Waals surface area contributed by atoms with Gasteiger partial charge in [-0.05, 0) is 25.1 Å². The van der Waals surface area contributed by atoms with Crippen molar-refractivity contribution >= 4 is 33.0 Å². The second-order valence-electron chi connectivity index (χ2n) is 4.80. The van der Waals surface area contributed by atoms with Crippen LogP contribution in [0.5, 0.6) is 0 Å². The molecule has 0 aliphatic rings. The minimum Gasteiger partial charge on any atom is -0.372 e. The molecular weight excluding hydrogens is 349 g/mol. The fourth-order valence-electron chi connectivity index (χ4n) is 1.91. The van der Waals surface area contributed by atoms with Crippen molar-refractivity contribution in [2.75, 3.05) is 13.7 Å². The van der Waals surface area contributed by atoms with E-state index in [1.165, 1.54) is 25.3 Å². The topological polar surface area (TPSA) is 55.4 Å². The minimum atomic E-state index is -3.72. The van der Waals surface area contributed by atoms with Crippen molar-refractivity contribution in [3.8, 4) is 0 Å². The highest BCUT2D eigenvalue weighted by Gasteiger charge is 2.31. The first-order valence-corrected chi connectivity index (χ1v) is 9.01. The Labute approximate surface area is 137 Å². The van der Waals surface area contributed by atoms with Crippen molar-refractivity contribution in [3.63, 3.8) is 0 Å². The summed E-state index contributed by atoms with van der Waals surface area (Å²) >= 11 is 6.70. The normalized spacial score (nSPS) is 14.7. The molecule has 1 unspecified atom stereocenters. The maximum absolute atomic E-state index is 13.9. The van der Waals surface area contributed by atoms with Gasteiger partial charge in [0.15, 0.2) is 0 Å². The highest BCUT2D eigenvalue weighted by atomic mass is 35.5. The second-order valence-corrected chi connectivity index (χ2v) is 8.51. The Hall–Kier alpha value is -0.990. The molecule has 0 spiro atoms. The fraction of sp³-hybridized carbons (Fsp3) is 0.286. The van der Waals surface area contributed by atoms with Crippen LogP contribution in [0.15, 0.2) is 40.6 Å². The molecule has 1 atom stereocenters. The van der Waals surface area contributed by atoms with Gasteiger partial charge >= 0.3 is 0 Å². The summed E-state index contributed by atoms with van der Waals surface area (Å²) in [7, 11) is -2.32. The first kappa shape index (κ1) is 17.4. The Balaban J connectivity index is 2.23. The summed E-state index contributed by atoms with van der Waals surface area (Å²) in [6, 6.07) is 9.03. The molecule has 2 rings (SSSR count). The van der Waals surface area contributed by atoms with Crippen molar-refractivity contribution in [3.05, 3.63) is 52.1 Å². The van der Waals surface area contributed by atoms with Gasteiger partial charge in [-0.1, -0.05) is 29.8 Å². The third-order valence-corrected chi connectivity index (χ3v) is 6.43. The number of sulfonamides is 1. The summed E-state index contributed by atoms with van der Waals surface area (Å²) in [4.78, 5) is 0. The number of methoxy groups -OCH3 is 1. The average molecular weight is 364 g/mol. The predicted octanol–water partition coefficient (Wildman–Crippen LogP) is 3.38. The molecule has 8 heteroatoms. The van der Waals surface area contributed by atoms with E-state index in [2.05, 4.69) is 4.72 Å². The van der Waals surface area contributed by atoms with Gasteiger partial charge in [-0.3, -0.25) is 0 Å². The zero-order valence-electron chi connectivity index (χ0n) is 12.0. The van der Waals surface area contributed by atoms with Gasteiger partial charge in [0, 0.05) is 19.2 Å². The van der Waals surface area contributed by atoms with Crippen molar-refractivity contribution in [2.24, 2.45) is 0 Å². The predicted molar refractivity (Wildman–Crippen MR) is 85.3 cm³/mol. The molecule has 1 aromatic heterocycles. The summed E-state index contributed by atoms with van der Waals surface area (Å²) in [5.41, 5.74) is -0.844. The van der Waals surface area contributed by atoms with Crippen LogP contribution in [0.2, 0.25) is 4.34 Å². The first-order valence-electron chi connectivity index (χ1n) is 6.34. The maximum atomic E-state index is 13.9. The van der Waals surface area contributed by atoms with E-state index >= 15 is 0 Å². The molecule has 1 N–H and O–H groups in total. The molecular formula is C14H15ClFNO3S2. The van der Waals surface area contributed by atoms with Crippen LogP contribution in [0.4, 0.5) is 4.39 Å². The SMILES string of the molecule is COC(C)(CNS(=O)(=O)c1ccc(Cl)s1)c1ccccc1F. The molecule has 0 bridgehead atoms. The van der Waals surface area contributed by atoms with E-state index in [4.69, 9.17) is 16.3 Å². The molecule has 1 heterocycles. The van der Waals surface area contributed by atoms with Gasteiger partial charge in [0.05, 0.1) is 4.34 Å². The van der Waals surface area contributed by atoms with E-state index < -0.39 is 21.4 Å². The standard InChI is InChI=1S/C14H15ClFNO3S2/c1-14(20-2,10-5-3-4-6-11(10)16)9-17-22(18,19)13-8-7-12(15)21-13/h3-8,17H,9H2,1-2H3. The molecule has 0 saturated heterocycles. The summed E-state index contributed by atoms with van der Waals surface area (Å²) in [5.74, 6) is -0.454. The molecule has 0 amide bonds. The summed E-state index contributed by atoms with van der Waals surface area (Å²) in [5, 5.41) is 0. The molecule has 0 aliphatic carbocycles. The molecule has 22 heavy (non-hydrogen) atoms. The number of hydrogen-bond donors (Lipinski definition) is 1. The van der Waals surface area contributed by atoms with Crippen molar-refractivity contribution in [1.29, 1.82) is 0 Å². The van der Waals surface area contributed by atoms with Crippen LogP contribution < -0.4 is 4.72 Å². The van der Waals surface area contributed by atoms with Crippen molar-refractivity contribution in [2.45, 2.75) is 16.7 Å². The molecule has 1 aromatic carbocycles. The number of rotatable bonds is 6. The monoisotopic (exact) mass is 363 g/mol. The highest BCUT2D eigenvalue weighted by molar-refractivity contribution is 7.91.